The Morgan fingerprint density at radius 2 is 1.76 bits per heavy atom. The van der Waals surface area contributed by atoms with Gasteiger partial charge in [0, 0.05) is 37.8 Å². The van der Waals surface area contributed by atoms with Crippen LogP contribution < -0.4 is 0 Å². The minimum absolute atomic E-state index is 0.564. The first-order valence-corrected chi connectivity index (χ1v) is 6.50. The number of hydrogen-bond donors (Lipinski definition) is 0. The molecule has 0 saturated carbocycles. The van der Waals surface area contributed by atoms with Gasteiger partial charge in [0.15, 0.2) is 0 Å². The number of rotatable bonds is 1. The topological polar surface area (TPSA) is 6.48 Å². The van der Waals surface area contributed by atoms with Gasteiger partial charge in [0.1, 0.15) is 0 Å². The Bertz CT molecular complexity index is 442. The zero-order valence-electron chi connectivity index (χ0n) is 10.7. The maximum Gasteiger partial charge on any atom is 0.0303 e. The van der Waals surface area contributed by atoms with E-state index in [0.717, 1.165) is 0 Å². The smallest absolute Gasteiger partial charge is 0.0303 e. The third-order valence-corrected chi connectivity index (χ3v) is 4.08. The summed E-state index contributed by atoms with van der Waals surface area (Å²) in [5.41, 5.74) is 4.41. The molecule has 0 amide bonds. The van der Waals surface area contributed by atoms with Crippen LogP contribution in [0.15, 0.2) is 30.0 Å². The van der Waals surface area contributed by atoms with Gasteiger partial charge in [-0.05, 0) is 24.3 Å². The van der Waals surface area contributed by atoms with Crippen LogP contribution in [0.1, 0.15) is 24.0 Å². The highest BCUT2D eigenvalue weighted by Crippen LogP contribution is 2.37. The molecule has 1 unspecified atom stereocenters. The van der Waals surface area contributed by atoms with Crippen LogP contribution in [0.4, 0.5) is 0 Å². The normalized spacial score (nSPS) is 24.7. The molecule has 2 heteroatoms. The van der Waals surface area contributed by atoms with Gasteiger partial charge in [-0.25, -0.2) is 0 Å². The highest BCUT2D eigenvalue weighted by molar-refractivity contribution is 5.65. The number of benzene rings is 1. The van der Waals surface area contributed by atoms with Crippen LogP contribution in [0.5, 0.6) is 0 Å². The van der Waals surface area contributed by atoms with Gasteiger partial charge in [0.05, 0.1) is 0 Å². The zero-order chi connectivity index (χ0) is 11.8. The molecule has 2 aliphatic rings. The number of allylic oxidation sites excluding steroid dienone is 1. The summed E-state index contributed by atoms with van der Waals surface area (Å²) in [6.07, 6.45) is 2.38. The maximum atomic E-state index is 2.56. The van der Waals surface area contributed by atoms with Crippen LogP contribution in [0, 0.1) is 0 Å². The molecule has 1 aliphatic carbocycles. The van der Waals surface area contributed by atoms with E-state index in [1.54, 1.807) is 0 Å². The lowest BCUT2D eigenvalue weighted by Gasteiger charge is -2.36. The van der Waals surface area contributed by atoms with Crippen LogP contribution >= 0.6 is 0 Å². The molecule has 0 bridgehead atoms. The van der Waals surface area contributed by atoms with Crippen molar-refractivity contribution in [2.75, 3.05) is 33.2 Å². The van der Waals surface area contributed by atoms with E-state index in [-0.39, 0.29) is 0 Å². The van der Waals surface area contributed by atoms with Crippen LogP contribution in [-0.4, -0.2) is 43.0 Å². The minimum atomic E-state index is 0.564. The van der Waals surface area contributed by atoms with E-state index in [9.17, 15) is 0 Å². The minimum Gasteiger partial charge on any atom is -0.372 e. The van der Waals surface area contributed by atoms with E-state index in [0.29, 0.717) is 5.92 Å². The first-order chi connectivity index (χ1) is 8.25. The summed E-state index contributed by atoms with van der Waals surface area (Å²) in [6.45, 7) is 7.03. The van der Waals surface area contributed by atoms with Gasteiger partial charge < -0.3 is 9.80 Å². The van der Waals surface area contributed by atoms with Crippen molar-refractivity contribution in [1.82, 2.24) is 9.80 Å². The summed E-state index contributed by atoms with van der Waals surface area (Å²) in [5, 5.41) is 0. The van der Waals surface area contributed by atoms with Gasteiger partial charge in [0.2, 0.25) is 0 Å². The lowest BCUT2D eigenvalue weighted by atomic mass is 10.0. The molecule has 1 aliphatic heterocycles. The molecule has 1 aromatic rings. The zero-order valence-corrected chi connectivity index (χ0v) is 10.7. The van der Waals surface area contributed by atoms with Crippen molar-refractivity contribution in [1.29, 1.82) is 0 Å². The first kappa shape index (κ1) is 10.8. The van der Waals surface area contributed by atoms with Crippen LogP contribution in [0.25, 0.3) is 6.08 Å². The average Bonchev–Trinajstić information content (AvgIpc) is 2.69. The van der Waals surface area contributed by atoms with Gasteiger partial charge in [0.25, 0.3) is 0 Å². The van der Waals surface area contributed by atoms with Gasteiger partial charge in [-0.3, -0.25) is 0 Å². The Balaban J connectivity index is 1.83. The molecule has 0 aromatic heterocycles. The highest BCUT2D eigenvalue weighted by atomic mass is 15.3. The number of piperazine rings is 1. The molecule has 2 nitrogen and oxygen atoms in total. The highest BCUT2D eigenvalue weighted by Gasteiger charge is 2.26. The lowest BCUT2D eigenvalue weighted by molar-refractivity contribution is 0.182. The third kappa shape index (κ3) is 1.87. The number of fused-ring (bicyclic) bond motifs is 1. The average molecular weight is 228 g/mol. The van der Waals surface area contributed by atoms with E-state index < -0.39 is 0 Å². The van der Waals surface area contributed by atoms with Gasteiger partial charge in [-0.1, -0.05) is 31.2 Å². The number of hydrogen-bond acceptors (Lipinski definition) is 2. The second kappa shape index (κ2) is 4.19. The Hall–Kier alpha value is -1.28. The van der Waals surface area contributed by atoms with Crippen molar-refractivity contribution in [3.05, 3.63) is 41.1 Å². The van der Waals surface area contributed by atoms with Gasteiger partial charge in [-0.15, -0.1) is 0 Å². The van der Waals surface area contributed by atoms with Crippen molar-refractivity contribution >= 4 is 6.08 Å². The predicted octanol–water partition coefficient (Wildman–Crippen LogP) is 2.39. The quantitative estimate of drug-likeness (QED) is 0.728. The van der Waals surface area contributed by atoms with Crippen molar-refractivity contribution in [2.45, 2.75) is 12.8 Å². The van der Waals surface area contributed by atoms with E-state index in [4.69, 9.17) is 0 Å². The molecule has 1 saturated heterocycles. The summed E-state index contributed by atoms with van der Waals surface area (Å²) in [6, 6.07) is 8.78. The molecule has 17 heavy (non-hydrogen) atoms. The van der Waals surface area contributed by atoms with Crippen molar-refractivity contribution < 1.29 is 0 Å². The second-order valence-corrected chi connectivity index (χ2v) is 5.21. The monoisotopic (exact) mass is 228 g/mol. The fraction of sp³-hybridized carbons (Fsp3) is 0.467. The molecule has 1 aromatic carbocycles. The third-order valence-electron chi connectivity index (χ3n) is 4.08. The number of likely N-dealkylation sites (N-methyl/N-ethyl adjacent to an activating group) is 1. The maximum absolute atomic E-state index is 2.56. The largest absolute Gasteiger partial charge is 0.372 e. The summed E-state index contributed by atoms with van der Waals surface area (Å²) < 4.78 is 0. The molecular formula is C15H20N2. The molecule has 0 radical (unpaired) electrons. The number of nitrogens with zero attached hydrogens (tertiary/aromatic N) is 2. The Morgan fingerprint density at radius 3 is 2.47 bits per heavy atom. The molecule has 90 valence electrons. The van der Waals surface area contributed by atoms with Gasteiger partial charge >= 0.3 is 0 Å². The van der Waals surface area contributed by atoms with Crippen molar-refractivity contribution in [3.63, 3.8) is 0 Å². The molecule has 3 rings (SSSR count). The molecule has 1 heterocycles. The van der Waals surface area contributed by atoms with Crippen molar-refractivity contribution in [2.24, 2.45) is 0 Å². The summed E-state index contributed by atoms with van der Waals surface area (Å²) >= 11 is 0. The molecular weight excluding hydrogens is 208 g/mol. The van der Waals surface area contributed by atoms with Crippen LogP contribution in [-0.2, 0) is 0 Å². The lowest BCUT2D eigenvalue weighted by Crippen LogP contribution is -2.44. The Labute approximate surface area is 104 Å². The van der Waals surface area contributed by atoms with Crippen LogP contribution in [0.3, 0.4) is 0 Å². The van der Waals surface area contributed by atoms with Gasteiger partial charge in [-0.2, -0.15) is 0 Å². The first-order valence-electron chi connectivity index (χ1n) is 6.50. The fourth-order valence-corrected chi connectivity index (χ4v) is 2.91. The molecule has 0 N–H and O–H groups in total. The summed E-state index contributed by atoms with van der Waals surface area (Å²) in [7, 11) is 2.21. The Morgan fingerprint density at radius 1 is 1.06 bits per heavy atom. The summed E-state index contributed by atoms with van der Waals surface area (Å²) in [5.74, 6) is 0.564. The Kier molecular flexibility index (Phi) is 2.67. The molecule has 1 atom stereocenters. The predicted molar refractivity (Wildman–Crippen MR) is 71.9 cm³/mol. The van der Waals surface area contributed by atoms with E-state index in [2.05, 4.69) is 54.1 Å². The SMILES string of the molecule is CC1C(N2CCN(C)CC2)=Cc2ccccc21. The van der Waals surface area contributed by atoms with Crippen LogP contribution in [0.2, 0.25) is 0 Å². The molecule has 1 fully saturated rings. The second-order valence-electron chi connectivity index (χ2n) is 5.21. The standard InChI is InChI=1S/C15H20N2/c1-12-14-6-4-3-5-13(14)11-15(12)17-9-7-16(2)8-10-17/h3-6,11-12H,7-10H2,1-2H3. The van der Waals surface area contributed by atoms with Crippen molar-refractivity contribution in [3.8, 4) is 0 Å². The van der Waals surface area contributed by atoms with E-state index in [1.165, 1.54) is 43.0 Å². The van der Waals surface area contributed by atoms with E-state index in [1.807, 2.05) is 0 Å². The van der Waals surface area contributed by atoms with E-state index >= 15 is 0 Å². The fourth-order valence-electron chi connectivity index (χ4n) is 2.91. The summed E-state index contributed by atoms with van der Waals surface area (Å²) in [4.78, 5) is 4.97. The molecule has 0 spiro atoms.